The Balaban J connectivity index is 2.62. The summed E-state index contributed by atoms with van der Waals surface area (Å²) in [5, 5.41) is 3.19. The van der Waals surface area contributed by atoms with E-state index < -0.39 is 0 Å². The Labute approximate surface area is 102 Å². The maximum atomic E-state index is 12.3. The van der Waals surface area contributed by atoms with Gasteiger partial charge >= 0.3 is 5.97 Å². The van der Waals surface area contributed by atoms with Crippen LogP contribution >= 0.6 is 0 Å². The molecule has 1 fully saturated rings. The second kappa shape index (κ2) is 6.59. The minimum absolute atomic E-state index is 0.0160. The highest BCUT2D eigenvalue weighted by molar-refractivity contribution is 5.86. The normalized spacial score (nSPS) is 23.5. The number of ether oxygens (including phenoxy) is 1. The van der Waals surface area contributed by atoms with Crippen molar-refractivity contribution < 1.29 is 14.3 Å². The molecule has 0 spiro atoms. The predicted octanol–water partition coefficient (Wildman–Crippen LogP) is 0.396. The molecule has 0 radical (unpaired) electrons. The maximum absolute atomic E-state index is 12.3. The van der Waals surface area contributed by atoms with E-state index >= 15 is 0 Å². The molecular weight excluding hydrogens is 220 g/mol. The molecule has 1 heterocycles. The van der Waals surface area contributed by atoms with Gasteiger partial charge < -0.3 is 15.0 Å². The lowest BCUT2D eigenvalue weighted by atomic mass is 10.0. The van der Waals surface area contributed by atoms with Crippen LogP contribution in [0, 0.1) is 5.92 Å². The lowest BCUT2D eigenvalue weighted by Crippen LogP contribution is -2.48. The number of carbonyl (C=O) groups is 2. The summed E-state index contributed by atoms with van der Waals surface area (Å²) in [4.78, 5) is 25.1. The van der Waals surface area contributed by atoms with Gasteiger partial charge in [0.05, 0.1) is 13.2 Å². The standard InChI is InChI=1S/C12H22N2O3/c1-4-7-14(8-10(15)17-3)12(16)11-9(2)5-6-13-11/h9,11,13H,4-8H2,1-3H3. The zero-order valence-electron chi connectivity index (χ0n) is 10.9. The van der Waals surface area contributed by atoms with Crippen molar-refractivity contribution in [1.29, 1.82) is 0 Å². The van der Waals surface area contributed by atoms with Gasteiger partial charge in [-0.25, -0.2) is 0 Å². The lowest BCUT2D eigenvalue weighted by Gasteiger charge is -2.26. The maximum Gasteiger partial charge on any atom is 0.325 e. The summed E-state index contributed by atoms with van der Waals surface area (Å²) >= 11 is 0. The smallest absolute Gasteiger partial charge is 0.325 e. The highest BCUT2D eigenvalue weighted by atomic mass is 16.5. The molecule has 5 nitrogen and oxygen atoms in total. The van der Waals surface area contributed by atoms with Crippen molar-refractivity contribution in [3.05, 3.63) is 0 Å². The largest absolute Gasteiger partial charge is 0.468 e. The predicted molar refractivity (Wildman–Crippen MR) is 64.5 cm³/mol. The van der Waals surface area contributed by atoms with Crippen molar-refractivity contribution in [2.45, 2.75) is 32.7 Å². The summed E-state index contributed by atoms with van der Waals surface area (Å²) in [5.74, 6) is -0.0146. The van der Waals surface area contributed by atoms with Crippen molar-refractivity contribution >= 4 is 11.9 Å². The lowest BCUT2D eigenvalue weighted by molar-refractivity contribution is -0.148. The monoisotopic (exact) mass is 242 g/mol. The Hall–Kier alpha value is -1.10. The molecule has 1 saturated heterocycles. The van der Waals surface area contributed by atoms with Gasteiger partial charge in [-0.3, -0.25) is 9.59 Å². The molecule has 1 aliphatic rings. The fraction of sp³-hybridized carbons (Fsp3) is 0.833. The summed E-state index contributed by atoms with van der Waals surface area (Å²) in [6, 6.07) is -0.147. The Bertz CT molecular complexity index is 281. The topological polar surface area (TPSA) is 58.6 Å². The molecule has 0 aromatic rings. The van der Waals surface area contributed by atoms with Gasteiger partial charge in [-0.05, 0) is 25.3 Å². The molecule has 2 atom stereocenters. The van der Waals surface area contributed by atoms with E-state index in [1.807, 2.05) is 6.92 Å². The molecule has 0 aromatic heterocycles. The van der Waals surface area contributed by atoms with E-state index in [2.05, 4.69) is 17.0 Å². The quantitative estimate of drug-likeness (QED) is 0.709. The minimum Gasteiger partial charge on any atom is -0.468 e. The minimum atomic E-state index is -0.363. The number of carbonyl (C=O) groups excluding carboxylic acids is 2. The van der Waals surface area contributed by atoms with Gasteiger partial charge in [-0.1, -0.05) is 13.8 Å². The summed E-state index contributed by atoms with van der Waals surface area (Å²) in [7, 11) is 1.34. The van der Waals surface area contributed by atoms with E-state index in [0.29, 0.717) is 12.5 Å². The zero-order valence-corrected chi connectivity index (χ0v) is 10.9. The average molecular weight is 242 g/mol. The Morgan fingerprint density at radius 3 is 2.65 bits per heavy atom. The van der Waals surface area contributed by atoms with Gasteiger partial charge in [0.15, 0.2) is 0 Å². The van der Waals surface area contributed by atoms with E-state index in [1.54, 1.807) is 4.90 Å². The Morgan fingerprint density at radius 1 is 1.47 bits per heavy atom. The van der Waals surface area contributed by atoms with Crippen LogP contribution in [0.5, 0.6) is 0 Å². The summed E-state index contributed by atoms with van der Waals surface area (Å²) in [5.41, 5.74) is 0. The molecule has 1 N–H and O–H groups in total. The summed E-state index contributed by atoms with van der Waals surface area (Å²) in [6.45, 7) is 5.57. The molecule has 0 saturated carbocycles. The number of nitrogens with zero attached hydrogens (tertiary/aromatic N) is 1. The Kier molecular flexibility index (Phi) is 5.41. The average Bonchev–Trinajstić information content (AvgIpc) is 2.73. The first-order chi connectivity index (χ1) is 8.10. The first-order valence-corrected chi connectivity index (χ1v) is 6.19. The molecule has 2 unspecified atom stereocenters. The number of hydrogen-bond donors (Lipinski definition) is 1. The van der Waals surface area contributed by atoms with E-state index in [9.17, 15) is 9.59 Å². The fourth-order valence-corrected chi connectivity index (χ4v) is 2.12. The molecule has 5 heteroatoms. The number of nitrogens with one attached hydrogen (secondary N) is 1. The molecule has 98 valence electrons. The van der Waals surface area contributed by atoms with Gasteiger partial charge in [0.2, 0.25) is 5.91 Å². The van der Waals surface area contributed by atoms with Crippen LogP contribution in [0.4, 0.5) is 0 Å². The molecule has 0 aliphatic carbocycles. The third-order valence-electron chi connectivity index (χ3n) is 3.15. The van der Waals surface area contributed by atoms with Gasteiger partial charge in [-0.15, -0.1) is 0 Å². The first-order valence-electron chi connectivity index (χ1n) is 6.19. The molecule has 1 rings (SSSR count). The summed E-state index contributed by atoms with van der Waals surface area (Å²) < 4.78 is 4.61. The van der Waals surface area contributed by atoms with E-state index in [0.717, 1.165) is 19.4 Å². The van der Waals surface area contributed by atoms with Crippen LogP contribution in [0.25, 0.3) is 0 Å². The molecule has 17 heavy (non-hydrogen) atoms. The molecule has 0 bridgehead atoms. The molecule has 1 aliphatic heterocycles. The van der Waals surface area contributed by atoms with Crippen LogP contribution in [0.15, 0.2) is 0 Å². The van der Waals surface area contributed by atoms with Gasteiger partial charge in [0, 0.05) is 6.54 Å². The van der Waals surface area contributed by atoms with Crippen LogP contribution in [-0.4, -0.2) is 49.6 Å². The molecular formula is C12H22N2O3. The number of esters is 1. The van der Waals surface area contributed by atoms with Crippen molar-refractivity contribution in [3.8, 4) is 0 Å². The van der Waals surface area contributed by atoms with Gasteiger partial charge in [0.25, 0.3) is 0 Å². The Morgan fingerprint density at radius 2 is 2.18 bits per heavy atom. The highest BCUT2D eigenvalue weighted by Crippen LogP contribution is 2.16. The van der Waals surface area contributed by atoms with E-state index in [-0.39, 0.29) is 24.5 Å². The third-order valence-corrected chi connectivity index (χ3v) is 3.15. The van der Waals surface area contributed by atoms with Crippen molar-refractivity contribution in [3.63, 3.8) is 0 Å². The van der Waals surface area contributed by atoms with Crippen LogP contribution in [-0.2, 0) is 14.3 Å². The van der Waals surface area contributed by atoms with Crippen LogP contribution in [0.2, 0.25) is 0 Å². The number of rotatable bonds is 5. The molecule has 1 amide bonds. The first kappa shape index (κ1) is 14.0. The zero-order chi connectivity index (χ0) is 12.8. The number of amides is 1. The second-order valence-corrected chi connectivity index (χ2v) is 4.53. The second-order valence-electron chi connectivity index (χ2n) is 4.53. The van der Waals surface area contributed by atoms with E-state index in [4.69, 9.17) is 0 Å². The number of methoxy groups -OCH3 is 1. The van der Waals surface area contributed by atoms with Gasteiger partial charge in [0.1, 0.15) is 6.54 Å². The van der Waals surface area contributed by atoms with Crippen molar-refractivity contribution in [2.75, 3.05) is 26.7 Å². The van der Waals surface area contributed by atoms with Crippen molar-refractivity contribution in [2.24, 2.45) is 5.92 Å². The number of hydrogen-bond acceptors (Lipinski definition) is 4. The molecule has 0 aromatic carbocycles. The van der Waals surface area contributed by atoms with Crippen LogP contribution in [0.3, 0.4) is 0 Å². The highest BCUT2D eigenvalue weighted by Gasteiger charge is 2.32. The SMILES string of the molecule is CCCN(CC(=O)OC)C(=O)C1NCCC1C. The fourth-order valence-electron chi connectivity index (χ4n) is 2.12. The summed E-state index contributed by atoms with van der Waals surface area (Å²) in [6.07, 6.45) is 1.85. The third kappa shape index (κ3) is 3.70. The van der Waals surface area contributed by atoms with Crippen LogP contribution < -0.4 is 5.32 Å². The van der Waals surface area contributed by atoms with Crippen LogP contribution in [0.1, 0.15) is 26.7 Å². The van der Waals surface area contributed by atoms with E-state index in [1.165, 1.54) is 7.11 Å². The van der Waals surface area contributed by atoms with Gasteiger partial charge in [-0.2, -0.15) is 0 Å². The van der Waals surface area contributed by atoms with Crippen molar-refractivity contribution in [1.82, 2.24) is 10.2 Å².